The van der Waals surface area contributed by atoms with E-state index in [0.29, 0.717) is 43.0 Å². The molecule has 4 N–H and O–H groups in total. The summed E-state index contributed by atoms with van der Waals surface area (Å²) in [4.78, 5) is 28.7. The zero-order chi connectivity index (χ0) is 26.6. The number of nitrogens with two attached hydrogens (primary N) is 1. The Hall–Kier alpha value is -3.92. The molecule has 1 aliphatic rings. The zero-order valence-corrected chi connectivity index (χ0v) is 20.2. The summed E-state index contributed by atoms with van der Waals surface area (Å²) >= 11 is 0. The summed E-state index contributed by atoms with van der Waals surface area (Å²) in [5.41, 5.74) is 7.08. The van der Waals surface area contributed by atoms with E-state index in [2.05, 4.69) is 15.6 Å². The van der Waals surface area contributed by atoms with Gasteiger partial charge in [-0.2, -0.15) is 13.2 Å². The quantitative estimate of drug-likeness (QED) is 0.391. The number of rotatable bonds is 7. The Bertz CT molecular complexity index is 1310. The van der Waals surface area contributed by atoms with Crippen molar-refractivity contribution in [2.45, 2.75) is 45.3 Å². The number of carbonyl (C=O) groups is 2. The van der Waals surface area contributed by atoms with Gasteiger partial charge in [-0.05, 0) is 72.4 Å². The highest BCUT2D eigenvalue weighted by molar-refractivity contribution is 5.93. The second-order valence-electron chi connectivity index (χ2n) is 8.86. The molecular weight excluding hydrogens is 485 g/mol. The number of fused-ring (bicyclic) bond motifs is 1. The number of benzene rings is 2. The van der Waals surface area contributed by atoms with Crippen molar-refractivity contribution >= 4 is 23.3 Å². The number of anilines is 2. The lowest BCUT2D eigenvalue weighted by molar-refractivity contribution is -0.137. The third-order valence-electron chi connectivity index (χ3n) is 6.16. The van der Waals surface area contributed by atoms with Crippen molar-refractivity contribution in [2.75, 3.05) is 10.6 Å². The van der Waals surface area contributed by atoms with Crippen LogP contribution in [0.25, 0.3) is 0 Å². The molecule has 0 saturated carbocycles. The van der Waals surface area contributed by atoms with E-state index in [4.69, 9.17) is 10.5 Å². The van der Waals surface area contributed by atoms with Gasteiger partial charge in [0.05, 0.1) is 5.56 Å². The van der Waals surface area contributed by atoms with E-state index >= 15 is 0 Å². The molecule has 4 rings (SSSR count). The van der Waals surface area contributed by atoms with Crippen LogP contribution >= 0.6 is 0 Å². The number of pyridine rings is 1. The van der Waals surface area contributed by atoms with Gasteiger partial charge in [-0.3, -0.25) is 9.59 Å². The molecule has 1 aliphatic carbocycles. The number of nitrogens with one attached hydrogen (secondary N) is 2. The third-order valence-corrected chi connectivity index (χ3v) is 6.16. The maximum absolute atomic E-state index is 13.2. The summed E-state index contributed by atoms with van der Waals surface area (Å²) in [5, 5.41) is 5.32. The normalized spacial score (nSPS) is 15.0. The molecule has 1 aromatic heterocycles. The first-order chi connectivity index (χ1) is 17.6. The molecule has 1 atom stereocenters. The van der Waals surface area contributed by atoms with E-state index in [9.17, 15) is 22.8 Å². The van der Waals surface area contributed by atoms with Gasteiger partial charge in [-0.25, -0.2) is 4.98 Å². The van der Waals surface area contributed by atoms with Gasteiger partial charge in [-0.15, -0.1) is 0 Å². The molecule has 0 bridgehead atoms. The summed E-state index contributed by atoms with van der Waals surface area (Å²) in [5.74, 6) is 0.523. The topological polar surface area (TPSA) is 106 Å². The van der Waals surface area contributed by atoms with Gasteiger partial charge < -0.3 is 21.1 Å². The van der Waals surface area contributed by atoms with E-state index < -0.39 is 17.7 Å². The number of aryl methyl sites for hydroxylation is 1. The molecule has 0 aliphatic heterocycles. The minimum Gasteiger partial charge on any atom is -0.457 e. The lowest BCUT2D eigenvalue weighted by atomic mass is 9.83. The highest BCUT2D eigenvalue weighted by Gasteiger charge is 2.32. The monoisotopic (exact) mass is 512 g/mol. The number of amides is 2. The fourth-order valence-corrected chi connectivity index (χ4v) is 4.22. The van der Waals surface area contributed by atoms with Crippen molar-refractivity contribution in [3.63, 3.8) is 0 Å². The van der Waals surface area contributed by atoms with Crippen molar-refractivity contribution in [3.8, 4) is 11.5 Å². The largest absolute Gasteiger partial charge is 0.457 e. The molecule has 0 saturated heterocycles. The molecule has 194 valence electrons. The molecule has 37 heavy (non-hydrogen) atoms. The molecule has 7 nitrogen and oxygen atoms in total. The van der Waals surface area contributed by atoms with Crippen LogP contribution in [0.3, 0.4) is 0 Å². The van der Waals surface area contributed by atoms with E-state index in [-0.39, 0.29) is 29.6 Å². The number of hydrogen-bond donors (Lipinski definition) is 3. The van der Waals surface area contributed by atoms with Crippen LogP contribution in [0.15, 0.2) is 54.7 Å². The van der Waals surface area contributed by atoms with Gasteiger partial charge in [0, 0.05) is 36.8 Å². The lowest BCUT2D eigenvalue weighted by Gasteiger charge is -2.25. The fraction of sp³-hybridized carbons (Fsp3) is 0.296. The van der Waals surface area contributed by atoms with E-state index in [0.717, 1.165) is 23.3 Å². The summed E-state index contributed by atoms with van der Waals surface area (Å²) < 4.78 is 45.7. The highest BCUT2D eigenvalue weighted by Crippen LogP contribution is 2.34. The summed E-state index contributed by atoms with van der Waals surface area (Å²) in [6.07, 6.45) is -1.02. The summed E-state index contributed by atoms with van der Waals surface area (Å²) in [6, 6.07) is 12.3. The molecule has 0 spiro atoms. The zero-order valence-electron chi connectivity index (χ0n) is 20.2. The van der Waals surface area contributed by atoms with Gasteiger partial charge in [0.25, 0.3) is 0 Å². The van der Waals surface area contributed by atoms with E-state index in [1.807, 2.05) is 18.2 Å². The van der Waals surface area contributed by atoms with Crippen LogP contribution in [-0.4, -0.2) is 16.8 Å². The van der Waals surface area contributed by atoms with Crippen LogP contribution in [0.5, 0.6) is 11.5 Å². The van der Waals surface area contributed by atoms with Crippen LogP contribution in [0.2, 0.25) is 0 Å². The molecule has 1 heterocycles. The number of alkyl halides is 3. The first-order valence-electron chi connectivity index (χ1n) is 11.9. The molecular formula is C27H27F3N4O3. The Labute approximate surface area is 212 Å². The first kappa shape index (κ1) is 26.2. The number of carbonyl (C=O) groups excluding carboxylic acids is 2. The molecule has 3 aromatic rings. The van der Waals surface area contributed by atoms with Crippen LogP contribution in [0, 0.1) is 5.92 Å². The maximum Gasteiger partial charge on any atom is 0.416 e. The first-order valence-corrected chi connectivity index (χ1v) is 11.9. The average molecular weight is 513 g/mol. The molecule has 10 heteroatoms. The Morgan fingerprint density at radius 2 is 1.84 bits per heavy atom. The SMILES string of the molecule is CCC(=O)Nc1cc(Oc2ccc3c(c2)CC(C(=O)Nc2cc(CN)cc(C(F)(F)F)c2)CC3)ccn1. The standard InChI is InChI=1S/C27H27F3N4O3/c1-2-25(35)34-24-14-23(7-8-32-24)37-22-6-5-17-3-4-18(11-19(17)12-22)26(36)33-21-10-16(15-31)9-20(13-21)27(28,29)30/h5-10,12-14,18H,2-4,11,15,31H2,1H3,(H,33,36)(H,32,34,35). The Morgan fingerprint density at radius 1 is 1.05 bits per heavy atom. The lowest BCUT2D eigenvalue weighted by Crippen LogP contribution is -2.28. The Balaban J connectivity index is 1.46. The van der Waals surface area contributed by atoms with Crippen molar-refractivity contribution in [1.29, 1.82) is 0 Å². The molecule has 2 aromatic carbocycles. The number of ether oxygens (including phenoxy) is 1. The predicted octanol–water partition coefficient (Wildman–Crippen LogP) is 5.44. The third kappa shape index (κ3) is 6.65. The van der Waals surface area contributed by atoms with Gasteiger partial charge >= 0.3 is 6.18 Å². The predicted molar refractivity (Wildman–Crippen MR) is 133 cm³/mol. The van der Waals surface area contributed by atoms with Crippen LogP contribution in [0.4, 0.5) is 24.7 Å². The van der Waals surface area contributed by atoms with Gasteiger partial charge in [0.1, 0.15) is 17.3 Å². The number of halogens is 3. The van der Waals surface area contributed by atoms with Gasteiger partial charge in [0.15, 0.2) is 0 Å². The number of nitrogens with zero attached hydrogens (tertiary/aromatic N) is 1. The minimum absolute atomic E-state index is 0.0731. The van der Waals surface area contributed by atoms with Crippen LogP contribution in [0.1, 0.15) is 42.0 Å². The van der Waals surface area contributed by atoms with Crippen molar-refractivity contribution < 1.29 is 27.5 Å². The highest BCUT2D eigenvalue weighted by atomic mass is 19.4. The van der Waals surface area contributed by atoms with Crippen LogP contribution in [-0.2, 0) is 35.2 Å². The Kier molecular flexibility index (Phi) is 7.77. The van der Waals surface area contributed by atoms with Gasteiger partial charge in [0.2, 0.25) is 11.8 Å². The second-order valence-corrected chi connectivity index (χ2v) is 8.86. The Morgan fingerprint density at radius 3 is 2.57 bits per heavy atom. The fourth-order valence-electron chi connectivity index (χ4n) is 4.22. The van der Waals surface area contributed by atoms with E-state index in [1.54, 1.807) is 19.1 Å². The van der Waals surface area contributed by atoms with Crippen molar-refractivity contribution in [2.24, 2.45) is 11.7 Å². The molecule has 2 amide bonds. The molecule has 1 unspecified atom stereocenters. The number of aromatic nitrogens is 1. The number of hydrogen-bond acceptors (Lipinski definition) is 5. The summed E-state index contributed by atoms with van der Waals surface area (Å²) in [7, 11) is 0. The maximum atomic E-state index is 13.2. The summed E-state index contributed by atoms with van der Waals surface area (Å²) in [6.45, 7) is 1.67. The van der Waals surface area contributed by atoms with Gasteiger partial charge in [-0.1, -0.05) is 13.0 Å². The van der Waals surface area contributed by atoms with E-state index in [1.165, 1.54) is 12.3 Å². The second kappa shape index (κ2) is 11.0. The molecule has 0 fully saturated rings. The van der Waals surface area contributed by atoms with Crippen molar-refractivity contribution in [3.05, 3.63) is 77.0 Å². The smallest absolute Gasteiger partial charge is 0.416 e. The van der Waals surface area contributed by atoms with Crippen LogP contribution < -0.4 is 21.1 Å². The minimum atomic E-state index is -4.54. The average Bonchev–Trinajstić information content (AvgIpc) is 2.87. The molecule has 0 radical (unpaired) electrons. The van der Waals surface area contributed by atoms with Crippen molar-refractivity contribution in [1.82, 2.24) is 4.98 Å².